The summed E-state index contributed by atoms with van der Waals surface area (Å²) in [6, 6.07) is 2.31. The normalized spacial score (nSPS) is 16.5. The zero-order valence-corrected chi connectivity index (χ0v) is 15.7. The van der Waals surface area contributed by atoms with Gasteiger partial charge in [-0.05, 0) is 26.7 Å². The van der Waals surface area contributed by atoms with Gasteiger partial charge in [-0.15, -0.1) is 11.8 Å². The van der Waals surface area contributed by atoms with Crippen molar-refractivity contribution in [3.05, 3.63) is 17.6 Å². The van der Waals surface area contributed by atoms with E-state index in [1.807, 2.05) is 19.9 Å². The van der Waals surface area contributed by atoms with E-state index in [2.05, 4.69) is 41.0 Å². The molecular weight excluding hydrogens is 308 g/mol. The Morgan fingerprint density at radius 1 is 1.30 bits per heavy atom. The maximum Gasteiger partial charge on any atom is 0.230 e. The maximum absolute atomic E-state index is 12.0. The first kappa shape index (κ1) is 18.0. The molecule has 0 aromatic carbocycles. The number of aromatic nitrogens is 2. The van der Waals surface area contributed by atoms with Crippen LogP contribution in [0.1, 0.15) is 45.1 Å². The van der Waals surface area contributed by atoms with Gasteiger partial charge < -0.3 is 10.2 Å². The average Bonchev–Trinajstić information content (AvgIpc) is 2.44. The van der Waals surface area contributed by atoms with E-state index in [4.69, 9.17) is 0 Å². The van der Waals surface area contributed by atoms with Crippen LogP contribution in [0.25, 0.3) is 0 Å². The quantitative estimate of drug-likeness (QED) is 0.916. The first-order chi connectivity index (χ1) is 10.7. The average molecular weight is 337 g/mol. The Morgan fingerprint density at radius 2 is 1.96 bits per heavy atom. The van der Waals surface area contributed by atoms with Crippen molar-refractivity contribution in [2.45, 2.75) is 58.2 Å². The second kappa shape index (κ2) is 7.51. The van der Waals surface area contributed by atoms with Gasteiger partial charge in [0.05, 0.1) is 5.75 Å². The van der Waals surface area contributed by atoms with Crippen molar-refractivity contribution in [1.82, 2.24) is 15.3 Å². The van der Waals surface area contributed by atoms with E-state index >= 15 is 0 Å². The molecule has 2 heterocycles. The van der Waals surface area contributed by atoms with Gasteiger partial charge in [-0.1, -0.05) is 20.8 Å². The van der Waals surface area contributed by atoms with E-state index in [-0.39, 0.29) is 16.7 Å². The first-order valence-electron chi connectivity index (χ1n) is 8.23. The fraction of sp³-hybridized carbons (Fsp3) is 0.706. The van der Waals surface area contributed by atoms with Gasteiger partial charge in [-0.3, -0.25) is 4.79 Å². The van der Waals surface area contributed by atoms with Crippen molar-refractivity contribution < 1.29 is 4.79 Å². The third-order valence-electron chi connectivity index (χ3n) is 3.77. The molecule has 1 aromatic rings. The number of thioether (sulfide) groups is 1. The Balaban J connectivity index is 1.80. The molecule has 0 bridgehead atoms. The summed E-state index contributed by atoms with van der Waals surface area (Å²) in [5, 5.41) is 3.17. The van der Waals surface area contributed by atoms with Crippen molar-refractivity contribution in [3.8, 4) is 0 Å². The highest BCUT2D eigenvalue weighted by atomic mass is 32.2. The van der Waals surface area contributed by atoms with E-state index in [0.29, 0.717) is 5.75 Å². The third-order valence-corrected chi connectivity index (χ3v) is 5.05. The minimum atomic E-state index is 0.128. The summed E-state index contributed by atoms with van der Waals surface area (Å²) in [7, 11) is 0. The smallest absolute Gasteiger partial charge is 0.230 e. The number of amides is 1. The van der Waals surface area contributed by atoms with E-state index < -0.39 is 0 Å². The second-order valence-corrected chi connectivity index (χ2v) is 8.95. The summed E-state index contributed by atoms with van der Waals surface area (Å²) in [4.78, 5) is 23.2. The second-order valence-electron chi connectivity index (χ2n) is 7.14. The lowest BCUT2D eigenvalue weighted by molar-refractivity contribution is -0.119. The van der Waals surface area contributed by atoms with Crippen molar-refractivity contribution in [1.29, 1.82) is 0 Å². The predicted octanol–water partition coefficient (Wildman–Crippen LogP) is 2.71. The Labute approximate surface area is 143 Å². The zero-order chi connectivity index (χ0) is 17.0. The van der Waals surface area contributed by atoms with Gasteiger partial charge in [0, 0.05) is 35.6 Å². The molecule has 6 heteroatoms. The number of hydrogen-bond donors (Lipinski definition) is 1. The minimum absolute atomic E-state index is 0.128. The summed E-state index contributed by atoms with van der Waals surface area (Å²) in [6.07, 6.45) is 1.93. The summed E-state index contributed by atoms with van der Waals surface area (Å²) >= 11 is 1.69. The summed E-state index contributed by atoms with van der Waals surface area (Å²) in [5.74, 6) is 2.50. The molecule has 23 heavy (non-hydrogen) atoms. The maximum atomic E-state index is 12.0. The molecule has 1 fully saturated rings. The van der Waals surface area contributed by atoms with Gasteiger partial charge >= 0.3 is 0 Å². The Hall–Kier alpha value is -1.30. The first-order valence-corrected chi connectivity index (χ1v) is 9.22. The van der Waals surface area contributed by atoms with Crippen LogP contribution >= 0.6 is 11.8 Å². The standard InChI is InChI=1S/C17H28N4OS/c1-12-10-15(19-13(2)18-12)21-8-6-14(7-9-21)20-16(22)11-23-17(3,4)5/h10,14H,6-9,11H2,1-5H3,(H,20,22). The van der Waals surface area contributed by atoms with E-state index in [1.54, 1.807) is 11.8 Å². The number of carbonyl (C=O) groups is 1. The fourth-order valence-electron chi connectivity index (χ4n) is 2.66. The van der Waals surface area contributed by atoms with E-state index in [0.717, 1.165) is 43.3 Å². The van der Waals surface area contributed by atoms with Crippen LogP contribution < -0.4 is 10.2 Å². The largest absolute Gasteiger partial charge is 0.356 e. The van der Waals surface area contributed by atoms with Crippen molar-refractivity contribution in [3.63, 3.8) is 0 Å². The lowest BCUT2D eigenvalue weighted by Gasteiger charge is -2.33. The number of nitrogens with zero attached hydrogens (tertiary/aromatic N) is 3. The van der Waals surface area contributed by atoms with Crippen LogP contribution in [0.3, 0.4) is 0 Å². The van der Waals surface area contributed by atoms with Gasteiger partial charge in [0.2, 0.25) is 5.91 Å². The summed E-state index contributed by atoms with van der Waals surface area (Å²) < 4.78 is 0.128. The van der Waals surface area contributed by atoms with Crippen LogP contribution in [0.15, 0.2) is 6.07 Å². The van der Waals surface area contributed by atoms with Crippen molar-refractivity contribution in [2.75, 3.05) is 23.7 Å². The molecule has 1 aliphatic rings. The Bertz CT molecular complexity index is 528. The number of nitrogens with one attached hydrogen (secondary N) is 1. The molecule has 5 nitrogen and oxygen atoms in total. The Kier molecular flexibility index (Phi) is 5.89. The minimum Gasteiger partial charge on any atom is -0.356 e. The van der Waals surface area contributed by atoms with Gasteiger partial charge in [-0.2, -0.15) is 0 Å². The molecule has 0 spiro atoms. The van der Waals surface area contributed by atoms with Crippen LogP contribution in [0, 0.1) is 13.8 Å². The van der Waals surface area contributed by atoms with Crippen LogP contribution in [0.4, 0.5) is 5.82 Å². The van der Waals surface area contributed by atoms with Crippen LogP contribution in [0.5, 0.6) is 0 Å². The molecule has 0 radical (unpaired) electrons. The molecule has 1 aliphatic heterocycles. The molecule has 0 aliphatic carbocycles. The van der Waals surface area contributed by atoms with Gasteiger partial charge in [0.15, 0.2) is 0 Å². The molecule has 1 saturated heterocycles. The van der Waals surface area contributed by atoms with Crippen molar-refractivity contribution in [2.24, 2.45) is 0 Å². The number of rotatable bonds is 4. The van der Waals surface area contributed by atoms with Crippen LogP contribution in [0.2, 0.25) is 0 Å². The number of carbonyl (C=O) groups excluding carboxylic acids is 1. The van der Waals surface area contributed by atoms with Crippen LogP contribution in [-0.2, 0) is 4.79 Å². The molecule has 0 unspecified atom stereocenters. The molecule has 2 rings (SSSR count). The molecular formula is C17H28N4OS. The highest BCUT2D eigenvalue weighted by Crippen LogP contribution is 2.23. The highest BCUT2D eigenvalue weighted by Gasteiger charge is 2.22. The Morgan fingerprint density at radius 3 is 2.52 bits per heavy atom. The van der Waals surface area contributed by atoms with Gasteiger partial charge in [0.25, 0.3) is 0 Å². The van der Waals surface area contributed by atoms with Gasteiger partial charge in [0.1, 0.15) is 11.6 Å². The number of hydrogen-bond acceptors (Lipinski definition) is 5. The zero-order valence-electron chi connectivity index (χ0n) is 14.8. The SMILES string of the molecule is Cc1cc(N2CCC(NC(=O)CSC(C)(C)C)CC2)nc(C)n1. The number of piperidine rings is 1. The molecule has 128 valence electrons. The summed E-state index contributed by atoms with van der Waals surface area (Å²) in [6.45, 7) is 12.2. The number of anilines is 1. The highest BCUT2D eigenvalue weighted by molar-refractivity contribution is 8.01. The van der Waals surface area contributed by atoms with Crippen molar-refractivity contribution >= 4 is 23.5 Å². The predicted molar refractivity (Wildman–Crippen MR) is 97.1 cm³/mol. The fourth-order valence-corrected chi connectivity index (χ4v) is 3.31. The lowest BCUT2D eigenvalue weighted by Crippen LogP contribution is -2.45. The summed E-state index contributed by atoms with van der Waals surface area (Å²) in [5.41, 5.74) is 1.00. The third kappa shape index (κ3) is 6.01. The van der Waals surface area contributed by atoms with Crippen LogP contribution in [-0.4, -0.2) is 45.5 Å². The molecule has 0 saturated carbocycles. The molecule has 1 amide bonds. The number of aryl methyl sites for hydroxylation is 2. The van der Waals surface area contributed by atoms with E-state index in [9.17, 15) is 4.79 Å². The lowest BCUT2D eigenvalue weighted by atomic mass is 10.1. The van der Waals surface area contributed by atoms with E-state index in [1.165, 1.54) is 0 Å². The molecule has 1 N–H and O–H groups in total. The molecule has 1 aromatic heterocycles. The monoisotopic (exact) mass is 336 g/mol. The van der Waals surface area contributed by atoms with Gasteiger partial charge in [-0.25, -0.2) is 9.97 Å². The molecule has 0 atom stereocenters. The topological polar surface area (TPSA) is 58.1 Å².